The predicted molar refractivity (Wildman–Crippen MR) is 136 cm³/mol. The van der Waals surface area contributed by atoms with Crippen LogP contribution in [0, 0.1) is 11.3 Å². The number of carbonyl (C=O) groups is 3. The standard InChI is InChI=1S/C26H29N9O3/c1-16(30-15-22(36)35-12-2-3-21(35)14-27)13-26(25-31-33-34-32-25,19-8-4-17(5-9-19)23(28)37)20-10-6-18(7-11-20)24(29)38/h4-11,16,21,30H,2-3,12-13,15H2,1H3,(H2,28,37)(H2,29,38)(H,31,32,33,34)/t16-,21+/m1/s1. The molecule has 12 nitrogen and oxygen atoms in total. The van der Waals surface area contributed by atoms with E-state index in [1.54, 1.807) is 53.4 Å². The summed E-state index contributed by atoms with van der Waals surface area (Å²) in [5.41, 5.74) is 12.1. The summed E-state index contributed by atoms with van der Waals surface area (Å²) >= 11 is 0. The van der Waals surface area contributed by atoms with Gasteiger partial charge < -0.3 is 21.7 Å². The lowest BCUT2D eigenvalue weighted by Crippen LogP contribution is -2.45. The third-order valence-electron chi connectivity index (χ3n) is 6.99. The molecule has 1 fully saturated rings. The Morgan fingerprint density at radius 3 is 2.16 bits per heavy atom. The van der Waals surface area contributed by atoms with Crippen LogP contribution in [0.5, 0.6) is 0 Å². The first kappa shape index (κ1) is 26.4. The van der Waals surface area contributed by atoms with E-state index in [1.165, 1.54) is 0 Å². The maximum atomic E-state index is 12.8. The second-order valence-electron chi connectivity index (χ2n) is 9.38. The Bertz CT molecular complexity index is 1270. The van der Waals surface area contributed by atoms with Crippen molar-refractivity contribution in [3.8, 4) is 6.07 Å². The van der Waals surface area contributed by atoms with E-state index in [2.05, 4.69) is 32.0 Å². The van der Waals surface area contributed by atoms with Gasteiger partial charge in [-0.2, -0.15) is 10.5 Å². The Kier molecular flexibility index (Phi) is 7.78. The summed E-state index contributed by atoms with van der Waals surface area (Å²) in [6, 6.07) is 15.2. The van der Waals surface area contributed by atoms with Crippen LogP contribution in [-0.2, 0) is 10.2 Å². The van der Waals surface area contributed by atoms with Crippen LogP contribution < -0.4 is 16.8 Å². The Hall–Kier alpha value is -4.63. The maximum Gasteiger partial charge on any atom is 0.248 e. The minimum absolute atomic E-state index is 0.0584. The summed E-state index contributed by atoms with van der Waals surface area (Å²) in [6.45, 7) is 2.56. The molecular weight excluding hydrogens is 486 g/mol. The first-order valence-corrected chi connectivity index (χ1v) is 12.2. The molecule has 0 spiro atoms. The highest BCUT2D eigenvalue weighted by Crippen LogP contribution is 2.41. The molecule has 196 valence electrons. The average molecular weight is 516 g/mol. The molecule has 6 N–H and O–H groups in total. The van der Waals surface area contributed by atoms with Crippen molar-refractivity contribution in [3.05, 3.63) is 76.6 Å². The summed E-state index contributed by atoms with van der Waals surface area (Å²) in [6.07, 6.45) is 1.87. The molecule has 1 saturated heterocycles. The fraction of sp³-hybridized carbons (Fsp3) is 0.346. The van der Waals surface area contributed by atoms with Gasteiger partial charge in [0.2, 0.25) is 17.7 Å². The second-order valence-corrected chi connectivity index (χ2v) is 9.38. The summed E-state index contributed by atoms with van der Waals surface area (Å²) in [4.78, 5) is 37.9. The number of hydrogen-bond donors (Lipinski definition) is 4. The van der Waals surface area contributed by atoms with Gasteiger partial charge in [-0.25, -0.2) is 0 Å². The van der Waals surface area contributed by atoms with Gasteiger partial charge in [0.25, 0.3) is 0 Å². The van der Waals surface area contributed by atoms with Crippen LogP contribution in [0.4, 0.5) is 0 Å². The number of carbonyl (C=O) groups excluding carboxylic acids is 3. The van der Waals surface area contributed by atoms with Gasteiger partial charge in [-0.05, 0) is 61.6 Å². The maximum absolute atomic E-state index is 12.8. The normalized spacial score (nSPS) is 16.1. The lowest BCUT2D eigenvalue weighted by Gasteiger charge is -2.35. The summed E-state index contributed by atoms with van der Waals surface area (Å²) in [5.74, 6) is -0.889. The molecule has 3 aromatic rings. The molecule has 1 aliphatic rings. The summed E-state index contributed by atoms with van der Waals surface area (Å²) < 4.78 is 0. The molecule has 4 rings (SSSR count). The number of nitrogens with zero attached hydrogens (tertiary/aromatic N) is 5. The van der Waals surface area contributed by atoms with E-state index in [-0.39, 0.29) is 18.5 Å². The minimum Gasteiger partial charge on any atom is -0.366 e. The monoisotopic (exact) mass is 515 g/mol. The van der Waals surface area contributed by atoms with Crippen LogP contribution in [0.2, 0.25) is 0 Å². The lowest BCUT2D eigenvalue weighted by atomic mass is 9.69. The van der Waals surface area contributed by atoms with Gasteiger partial charge in [-0.3, -0.25) is 14.4 Å². The molecule has 12 heteroatoms. The van der Waals surface area contributed by atoms with E-state index in [0.29, 0.717) is 36.3 Å². The molecule has 0 aliphatic carbocycles. The van der Waals surface area contributed by atoms with Crippen molar-refractivity contribution in [2.45, 2.75) is 43.7 Å². The van der Waals surface area contributed by atoms with Crippen molar-refractivity contribution in [3.63, 3.8) is 0 Å². The number of primary amides is 2. The summed E-state index contributed by atoms with van der Waals surface area (Å²) in [5, 5.41) is 27.6. The number of nitrogens with one attached hydrogen (secondary N) is 2. The third-order valence-corrected chi connectivity index (χ3v) is 6.99. The van der Waals surface area contributed by atoms with Gasteiger partial charge in [0.1, 0.15) is 6.04 Å². The molecule has 2 aromatic carbocycles. The van der Waals surface area contributed by atoms with Crippen LogP contribution in [0.25, 0.3) is 0 Å². The number of likely N-dealkylation sites (tertiary alicyclic amines) is 1. The van der Waals surface area contributed by atoms with E-state index in [4.69, 9.17) is 11.5 Å². The van der Waals surface area contributed by atoms with Crippen molar-refractivity contribution in [2.24, 2.45) is 11.5 Å². The summed E-state index contributed by atoms with van der Waals surface area (Å²) in [7, 11) is 0. The van der Waals surface area contributed by atoms with Crippen LogP contribution in [-0.4, -0.2) is 68.4 Å². The van der Waals surface area contributed by atoms with E-state index in [9.17, 15) is 19.6 Å². The highest BCUT2D eigenvalue weighted by Gasteiger charge is 2.42. The van der Waals surface area contributed by atoms with Gasteiger partial charge in [-0.15, -0.1) is 10.2 Å². The Morgan fingerprint density at radius 2 is 1.68 bits per heavy atom. The molecule has 38 heavy (non-hydrogen) atoms. The van der Waals surface area contributed by atoms with Crippen LogP contribution in [0.3, 0.4) is 0 Å². The van der Waals surface area contributed by atoms with Crippen molar-refractivity contribution >= 4 is 17.7 Å². The van der Waals surface area contributed by atoms with Gasteiger partial charge in [-0.1, -0.05) is 29.5 Å². The average Bonchev–Trinajstić information content (AvgIpc) is 3.63. The smallest absolute Gasteiger partial charge is 0.248 e. The Morgan fingerprint density at radius 1 is 1.11 bits per heavy atom. The largest absolute Gasteiger partial charge is 0.366 e. The molecule has 3 amide bonds. The molecule has 1 aliphatic heterocycles. The number of tetrazole rings is 1. The Balaban J connectivity index is 1.71. The number of amides is 3. The second kappa shape index (κ2) is 11.2. The first-order valence-electron chi connectivity index (χ1n) is 12.2. The van der Waals surface area contributed by atoms with Crippen LogP contribution in [0.1, 0.15) is 63.9 Å². The van der Waals surface area contributed by atoms with E-state index >= 15 is 0 Å². The minimum atomic E-state index is -0.988. The number of aromatic nitrogens is 4. The molecular formula is C26H29N9O3. The quantitative estimate of drug-likeness (QED) is 0.301. The van der Waals surface area contributed by atoms with Gasteiger partial charge >= 0.3 is 0 Å². The fourth-order valence-corrected chi connectivity index (χ4v) is 5.03. The number of benzene rings is 2. The van der Waals surface area contributed by atoms with Crippen LogP contribution >= 0.6 is 0 Å². The zero-order chi connectivity index (χ0) is 27.3. The zero-order valence-electron chi connectivity index (χ0n) is 20.9. The van der Waals surface area contributed by atoms with Gasteiger partial charge in [0.15, 0.2) is 5.82 Å². The van der Waals surface area contributed by atoms with E-state index in [0.717, 1.165) is 17.5 Å². The van der Waals surface area contributed by atoms with E-state index in [1.807, 2.05) is 6.92 Å². The number of H-pyrrole nitrogens is 1. The van der Waals surface area contributed by atoms with E-state index < -0.39 is 23.3 Å². The molecule has 2 atom stereocenters. The molecule has 0 unspecified atom stereocenters. The lowest BCUT2D eigenvalue weighted by molar-refractivity contribution is -0.130. The molecule has 1 aromatic heterocycles. The number of hydrogen-bond acceptors (Lipinski definition) is 8. The molecule has 0 bridgehead atoms. The van der Waals surface area contributed by atoms with Crippen molar-refractivity contribution in [2.75, 3.05) is 13.1 Å². The highest BCUT2D eigenvalue weighted by molar-refractivity contribution is 5.93. The third kappa shape index (κ3) is 5.23. The molecule has 0 radical (unpaired) electrons. The topological polar surface area (TPSA) is 197 Å². The van der Waals surface area contributed by atoms with Crippen molar-refractivity contribution in [1.29, 1.82) is 5.26 Å². The number of aromatic amines is 1. The molecule has 0 saturated carbocycles. The SMILES string of the molecule is C[C@H](CC(c1ccc(C(N)=O)cc1)(c1ccc(C(N)=O)cc1)c1nn[nH]n1)NCC(=O)N1CCC[C@H]1C#N. The van der Waals surface area contributed by atoms with Crippen LogP contribution in [0.15, 0.2) is 48.5 Å². The zero-order valence-corrected chi connectivity index (χ0v) is 20.9. The fourth-order valence-electron chi connectivity index (χ4n) is 5.03. The van der Waals surface area contributed by atoms with Crippen molar-refractivity contribution < 1.29 is 14.4 Å². The number of nitriles is 1. The Labute approximate surface area is 219 Å². The molecule has 2 heterocycles. The number of nitrogens with two attached hydrogens (primary N) is 2. The van der Waals surface area contributed by atoms with Gasteiger partial charge in [0, 0.05) is 23.7 Å². The first-order chi connectivity index (χ1) is 18.3. The highest BCUT2D eigenvalue weighted by atomic mass is 16.2. The van der Waals surface area contributed by atoms with Gasteiger partial charge in [0.05, 0.1) is 18.0 Å². The van der Waals surface area contributed by atoms with Crippen molar-refractivity contribution in [1.82, 2.24) is 30.8 Å². The number of rotatable bonds is 10. The predicted octanol–water partition coefficient (Wildman–Crippen LogP) is 0.615.